The van der Waals surface area contributed by atoms with Gasteiger partial charge in [0.25, 0.3) is 5.56 Å². The molecular weight excluding hydrogens is 306 g/mol. The van der Waals surface area contributed by atoms with Crippen LogP contribution in [0.1, 0.15) is 38.5 Å². The lowest BCUT2D eigenvalue weighted by atomic mass is 10.1. The fourth-order valence-corrected chi connectivity index (χ4v) is 3.18. The third-order valence-corrected chi connectivity index (χ3v) is 4.94. The number of hydrogen-bond donors (Lipinski definition) is 1. The molecule has 104 valence electrons. The van der Waals surface area contributed by atoms with Crippen LogP contribution >= 0.6 is 15.9 Å². The fourth-order valence-electron chi connectivity index (χ4n) is 2.73. The molecule has 3 rings (SSSR count). The van der Waals surface area contributed by atoms with Crippen molar-refractivity contribution in [1.82, 2.24) is 9.78 Å². The lowest BCUT2D eigenvalue weighted by Crippen LogP contribution is -2.26. The summed E-state index contributed by atoms with van der Waals surface area (Å²) in [5.41, 5.74) is 0.826. The van der Waals surface area contributed by atoms with Crippen LogP contribution in [-0.4, -0.2) is 16.3 Å². The molecule has 1 aromatic heterocycles. The molecular formula is C14H20BrN3O. The van der Waals surface area contributed by atoms with Crippen LogP contribution < -0.4 is 10.9 Å². The molecule has 2 saturated carbocycles. The van der Waals surface area contributed by atoms with Crippen LogP contribution in [0.2, 0.25) is 0 Å². The number of rotatable bonds is 5. The van der Waals surface area contributed by atoms with Crippen LogP contribution in [0.15, 0.2) is 15.5 Å². The van der Waals surface area contributed by atoms with Gasteiger partial charge in [-0.15, -0.1) is 0 Å². The molecule has 2 aliphatic carbocycles. The number of aromatic nitrogens is 2. The first-order valence-electron chi connectivity index (χ1n) is 7.23. The van der Waals surface area contributed by atoms with Gasteiger partial charge in [-0.2, -0.15) is 5.10 Å². The summed E-state index contributed by atoms with van der Waals surface area (Å²) in [5, 5.41) is 7.65. The molecule has 1 aromatic rings. The molecule has 0 aliphatic heterocycles. The molecule has 0 spiro atoms. The van der Waals surface area contributed by atoms with Gasteiger partial charge in [0.15, 0.2) is 0 Å². The highest BCUT2D eigenvalue weighted by molar-refractivity contribution is 9.10. The molecule has 4 nitrogen and oxygen atoms in total. The minimum absolute atomic E-state index is 0.0108. The largest absolute Gasteiger partial charge is 0.382 e. The van der Waals surface area contributed by atoms with E-state index in [0.29, 0.717) is 10.4 Å². The van der Waals surface area contributed by atoms with Crippen molar-refractivity contribution < 1.29 is 0 Å². The van der Waals surface area contributed by atoms with E-state index in [-0.39, 0.29) is 5.56 Å². The fraction of sp³-hybridized carbons (Fsp3) is 0.714. The zero-order valence-corrected chi connectivity index (χ0v) is 12.7. The summed E-state index contributed by atoms with van der Waals surface area (Å²) in [6.45, 7) is 1.71. The van der Waals surface area contributed by atoms with Gasteiger partial charge in [-0.05, 0) is 53.4 Å². The Morgan fingerprint density at radius 1 is 1.26 bits per heavy atom. The molecule has 1 N–H and O–H groups in total. The standard InChI is InChI=1S/C14H20BrN3O/c15-13-12(16-7-10-3-1-2-4-10)8-17-18(14(13)19)9-11-5-6-11/h8,10-11,16H,1-7,9H2. The average molecular weight is 326 g/mol. The highest BCUT2D eigenvalue weighted by Crippen LogP contribution is 2.30. The molecule has 2 aliphatic rings. The van der Waals surface area contributed by atoms with Gasteiger partial charge in [0.1, 0.15) is 4.47 Å². The number of halogens is 1. The molecule has 0 unspecified atom stereocenters. The smallest absolute Gasteiger partial charge is 0.283 e. The van der Waals surface area contributed by atoms with Crippen molar-refractivity contribution in [3.8, 4) is 0 Å². The summed E-state index contributed by atoms with van der Waals surface area (Å²) in [6.07, 6.45) is 9.53. The van der Waals surface area contributed by atoms with E-state index in [1.54, 1.807) is 10.9 Å². The van der Waals surface area contributed by atoms with Crippen molar-refractivity contribution in [2.75, 3.05) is 11.9 Å². The summed E-state index contributed by atoms with van der Waals surface area (Å²) in [7, 11) is 0. The molecule has 0 atom stereocenters. The molecule has 19 heavy (non-hydrogen) atoms. The number of nitrogens with zero attached hydrogens (tertiary/aromatic N) is 2. The van der Waals surface area contributed by atoms with Crippen molar-refractivity contribution in [3.05, 3.63) is 21.0 Å². The number of hydrogen-bond acceptors (Lipinski definition) is 3. The zero-order valence-electron chi connectivity index (χ0n) is 11.1. The Hall–Kier alpha value is -0.840. The first-order chi connectivity index (χ1) is 9.24. The average Bonchev–Trinajstić information content (AvgIpc) is 3.07. The van der Waals surface area contributed by atoms with Gasteiger partial charge in [0.05, 0.1) is 11.9 Å². The Labute approximate surface area is 121 Å². The summed E-state index contributed by atoms with van der Waals surface area (Å²) in [5.74, 6) is 1.41. The molecule has 0 bridgehead atoms. The van der Waals surface area contributed by atoms with Crippen LogP contribution in [0.3, 0.4) is 0 Å². The molecule has 1 heterocycles. The third-order valence-electron chi connectivity index (χ3n) is 4.17. The Morgan fingerprint density at radius 2 is 2.00 bits per heavy atom. The van der Waals surface area contributed by atoms with Crippen LogP contribution in [0.25, 0.3) is 0 Å². The summed E-state index contributed by atoms with van der Waals surface area (Å²) in [6, 6.07) is 0. The van der Waals surface area contributed by atoms with E-state index in [2.05, 4.69) is 26.3 Å². The van der Waals surface area contributed by atoms with Gasteiger partial charge in [0.2, 0.25) is 0 Å². The van der Waals surface area contributed by atoms with Crippen molar-refractivity contribution in [2.45, 2.75) is 45.1 Å². The van der Waals surface area contributed by atoms with Crippen molar-refractivity contribution in [3.63, 3.8) is 0 Å². The quantitative estimate of drug-likeness (QED) is 0.905. The summed E-state index contributed by atoms with van der Waals surface area (Å²) < 4.78 is 2.21. The minimum Gasteiger partial charge on any atom is -0.382 e. The second-order valence-corrected chi connectivity index (χ2v) is 6.63. The van der Waals surface area contributed by atoms with Gasteiger partial charge in [0, 0.05) is 13.1 Å². The molecule has 5 heteroatoms. The number of nitrogens with one attached hydrogen (secondary N) is 1. The third kappa shape index (κ3) is 3.19. The molecule has 2 fully saturated rings. The van der Waals surface area contributed by atoms with Gasteiger partial charge in [-0.25, -0.2) is 4.68 Å². The Bertz CT molecular complexity index is 504. The predicted octanol–water partition coefficient (Wildman–Crippen LogP) is 3.02. The summed E-state index contributed by atoms with van der Waals surface area (Å²) in [4.78, 5) is 12.2. The van der Waals surface area contributed by atoms with E-state index in [1.807, 2.05) is 0 Å². The van der Waals surface area contributed by atoms with Crippen molar-refractivity contribution >= 4 is 21.6 Å². The zero-order chi connectivity index (χ0) is 13.2. The van der Waals surface area contributed by atoms with Crippen LogP contribution in [0.4, 0.5) is 5.69 Å². The molecule has 0 amide bonds. The van der Waals surface area contributed by atoms with Crippen molar-refractivity contribution in [1.29, 1.82) is 0 Å². The highest BCUT2D eigenvalue weighted by Gasteiger charge is 2.23. The van der Waals surface area contributed by atoms with E-state index >= 15 is 0 Å². The molecule has 0 saturated heterocycles. The van der Waals surface area contributed by atoms with Gasteiger partial charge < -0.3 is 5.32 Å². The van der Waals surface area contributed by atoms with Crippen LogP contribution in [0.5, 0.6) is 0 Å². The summed E-state index contributed by atoms with van der Waals surface area (Å²) >= 11 is 3.42. The first-order valence-corrected chi connectivity index (χ1v) is 8.03. The Balaban J connectivity index is 1.67. The van der Waals surface area contributed by atoms with E-state index in [9.17, 15) is 4.79 Å². The van der Waals surface area contributed by atoms with Crippen LogP contribution in [0, 0.1) is 11.8 Å². The monoisotopic (exact) mass is 325 g/mol. The Kier molecular flexibility index (Phi) is 3.91. The van der Waals surface area contributed by atoms with E-state index in [4.69, 9.17) is 0 Å². The second kappa shape index (κ2) is 5.65. The second-order valence-electron chi connectivity index (χ2n) is 5.83. The Morgan fingerprint density at radius 3 is 2.68 bits per heavy atom. The maximum absolute atomic E-state index is 12.2. The SMILES string of the molecule is O=c1c(Br)c(NCC2CCCC2)cnn1CC1CC1. The highest BCUT2D eigenvalue weighted by atomic mass is 79.9. The predicted molar refractivity (Wildman–Crippen MR) is 79.4 cm³/mol. The molecule has 0 radical (unpaired) electrons. The van der Waals surface area contributed by atoms with Gasteiger partial charge in [-0.3, -0.25) is 4.79 Å². The topological polar surface area (TPSA) is 46.9 Å². The maximum atomic E-state index is 12.2. The van der Waals surface area contributed by atoms with Crippen molar-refractivity contribution in [2.24, 2.45) is 11.8 Å². The van der Waals surface area contributed by atoms with E-state index in [0.717, 1.165) is 24.7 Å². The number of anilines is 1. The minimum atomic E-state index is -0.0108. The van der Waals surface area contributed by atoms with Crippen LogP contribution in [-0.2, 0) is 6.54 Å². The first kappa shape index (κ1) is 13.2. The lowest BCUT2D eigenvalue weighted by Gasteiger charge is -2.13. The lowest BCUT2D eigenvalue weighted by molar-refractivity contribution is 0.530. The normalized spacial score (nSPS) is 19.8. The van der Waals surface area contributed by atoms with E-state index < -0.39 is 0 Å². The van der Waals surface area contributed by atoms with Gasteiger partial charge >= 0.3 is 0 Å². The van der Waals surface area contributed by atoms with E-state index in [1.165, 1.54) is 38.5 Å². The van der Waals surface area contributed by atoms with Gasteiger partial charge in [-0.1, -0.05) is 12.8 Å². The maximum Gasteiger partial charge on any atom is 0.283 e. The molecule has 0 aromatic carbocycles.